The Morgan fingerprint density at radius 1 is 1.15 bits per heavy atom. The van der Waals surface area contributed by atoms with E-state index in [9.17, 15) is 9.59 Å². The molecule has 0 spiro atoms. The first-order chi connectivity index (χ1) is 13.0. The minimum Gasteiger partial charge on any atom is -0.495 e. The van der Waals surface area contributed by atoms with Crippen LogP contribution < -0.4 is 10.1 Å². The highest BCUT2D eigenvalue weighted by Crippen LogP contribution is 2.24. The van der Waals surface area contributed by atoms with Gasteiger partial charge in [0.1, 0.15) is 5.75 Å². The molecular weight excluding hydrogens is 374 g/mol. The Labute approximate surface area is 159 Å². The third-order valence-electron chi connectivity index (χ3n) is 3.28. The number of carbonyl (C=O) groups is 2. The fourth-order valence-electron chi connectivity index (χ4n) is 2.01. The minimum absolute atomic E-state index is 0.430. The van der Waals surface area contributed by atoms with Crippen molar-refractivity contribution in [3.8, 4) is 5.75 Å². The molecule has 2 aromatic carbocycles. The molecule has 0 aliphatic carbocycles. The maximum atomic E-state index is 12.4. The number of nitrogens with zero attached hydrogens (tertiary/aromatic N) is 2. The fraction of sp³-hybridized carbons (Fsp3) is 0.176. The fourth-order valence-corrected chi connectivity index (χ4v) is 2.37. The number of rotatable bonds is 9. The van der Waals surface area contributed by atoms with Crippen LogP contribution in [0.4, 0.5) is 11.4 Å². The molecule has 0 aliphatic heterocycles. The SMILES string of the molecule is COc1ccccc1NC(=O)C(N=Nc1ccc(SOOO)cc1)C(C)=O. The van der Waals surface area contributed by atoms with E-state index in [2.05, 4.69) is 24.9 Å². The molecule has 2 aromatic rings. The molecular formula is C17H17N3O6S. The number of ketones is 1. The van der Waals surface area contributed by atoms with E-state index in [1.165, 1.54) is 14.0 Å². The predicted octanol–water partition coefficient (Wildman–Crippen LogP) is 3.80. The normalized spacial score (nSPS) is 12.0. The lowest BCUT2D eigenvalue weighted by atomic mass is 10.2. The maximum absolute atomic E-state index is 12.4. The Balaban J connectivity index is 2.09. The van der Waals surface area contributed by atoms with E-state index in [1.54, 1.807) is 48.5 Å². The lowest BCUT2D eigenvalue weighted by Crippen LogP contribution is -2.31. The molecule has 0 saturated heterocycles. The summed E-state index contributed by atoms with van der Waals surface area (Å²) in [5.41, 5.74) is 0.861. The Hall–Kier alpha value is -2.79. The van der Waals surface area contributed by atoms with Gasteiger partial charge in [-0.3, -0.25) is 9.59 Å². The van der Waals surface area contributed by atoms with Crippen LogP contribution in [-0.2, 0) is 19.0 Å². The summed E-state index contributed by atoms with van der Waals surface area (Å²) in [6.07, 6.45) is 0. The number of methoxy groups -OCH3 is 1. The zero-order valence-electron chi connectivity index (χ0n) is 14.5. The van der Waals surface area contributed by atoms with Crippen LogP contribution in [0.15, 0.2) is 63.7 Å². The summed E-state index contributed by atoms with van der Waals surface area (Å²) in [6.45, 7) is 1.26. The highest BCUT2D eigenvalue weighted by atomic mass is 32.2. The van der Waals surface area contributed by atoms with Crippen LogP contribution >= 0.6 is 12.0 Å². The summed E-state index contributed by atoms with van der Waals surface area (Å²) in [5, 5.41) is 22.0. The van der Waals surface area contributed by atoms with Crippen molar-refractivity contribution in [1.82, 2.24) is 0 Å². The molecule has 0 radical (unpaired) electrons. The van der Waals surface area contributed by atoms with Crippen molar-refractivity contribution in [2.75, 3.05) is 12.4 Å². The molecule has 9 nitrogen and oxygen atoms in total. The smallest absolute Gasteiger partial charge is 0.258 e. The molecule has 142 valence electrons. The Morgan fingerprint density at radius 3 is 2.48 bits per heavy atom. The van der Waals surface area contributed by atoms with Crippen LogP contribution in [0.2, 0.25) is 0 Å². The van der Waals surface area contributed by atoms with Gasteiger partial charge in [0, 0.05) is 4.90 Å². The van der Waals surface area contributed by atoms with Crippen LogP contribution in [0.1, 0.15) is 6.92 Å². The van der Waals surface area contributed by atoms with E-state index in [0.29, 0.717) is 22.0 Å². The zero-order valence-corrected chi connectivity index (χ0v) is 15.3. The van der Waals surface area contributed by atoms with E-state index in [-0.39, 0.29) is 0 Å². The van der Waals surface area contributed by atoms with Gasteiger partial charge in [0.2, 0.25) is 6.04 Å². The predicted molar refractivity (Wildman–Crippen MR) is 97.7 cm³/mol. The zero-order chi connectivity index (χ0) is 19.6. The molecule has 0 fully saturated rings. The molecule has 0 aliphatic rings. The topological polar surface area (TPSA) is 119 Å². The van der Waals surface area contributed by atoms with Gasteiger partial charge in [-0.2, -0.15) is 10.2 Å². The number of carbonyl (C=O) groups excluding carboxylic acids is 2. The molecule has 0 saturated carbocycles. The number of anilines is 1. The van der Waals surface area contributed by atoms with Crippen LogP contribution in [-0.4, -0.2) is 30.1 Å². The van der Waals surface area contributed by atoms with Crippen molar-refractivity contribution in [3.63, 3.8) is 0 Å². The summed E-state index contributed by atoms with van der Waals surface area (Å²) in [5.74, 6) is -0.601. The number of hydrogen-bond donors (Lipinski definition) is 2. The van der Waals surface area contributed by atoms with Crippen molar-refractivity contribution in [2.24, 2.45) is 10.2 Å². The van der Waals surface area contributed by atoms with Gasteiger partial charge in [0.15, 0.2) is 5.78 Å². The number of azo groups is 1. The summed E-state index contributed by atoms with van der Waals surface area (Å²) in [7, 11) is 1.48. The highest BCUT2D eigenvalue weighted by molar-refractivity contribution is 7.94. The monoisotopic (exact) mass is 391 g/mol. The van der Waals surface area contributed by atoms with Gasteiger partial charge < -0.3 is 10.1 Å². The van der Waals surface area contributed by atoms with E-state index in [1.807, 2.05) is 0 Å². The molecule has 1 atom stereocenters. The molecule has 10 heteroatoms. The first kappa shape index (κ1) is 20.5. The third kappa shape index (κ3) is 6.15. The highest BCUT2D eigenvalue weighted by Gasteiger charge is 2.24. The number of nitrogens with one attached hydrogen (secondary N) is 1. The van der Waals surface area contributed by atoms with E-state index in [4.69, 9.17) is 9.99 Å². The number of benzene rings is 2. The average molecular weight is 391 g/mol. The molecule has 1 amide bonds. The van der Waals surface area contributed by atoms with E-state index < -0.39 is 17.7 Å². The minimum atomic E-state index is -1.30. The van der Waals surface area contributed by atoms with Crippen molar-refractivity contribution >= 4 is 35.1 Å². The molecule has 2 rings (SSSR count). The van der Waals surface area contributed by atoms with Crippen LogP contribution in [0.25, 0.3) is 0 Å². The molecule has 0 aromatic heterocycles. The van der Waals surface area contributed by atoms with Gasteiger partial charge in [-0.1, -0.05) is 17.2 Å². The summed E-state index contributed by atoms with van der Waals surface area (Å²) in [6, 6.07) is 12.0. The molecule has 27 heavy (non-hydrogen) atoms. The van der Waals surface area contributed by atoms with E-state index in [0.717, 1.165) is 12.0 Å². The van der Waals surface area contributed by atoms with Crippen molar-refractivity contribution < 1.29 is 29.0 Å². The second kappa shape index (κ2) is 10.4. The average Bonchev–Trinajstić information content (AvgIpc) is 2.67. The molecule has 2 N–H and O–H groups in total. The van der Waals surface area contributed by atoms with Crippen LogP contribution in [0.3, 0.4) is 0 Å². The Morgan fingerprint density at radius 2 is 1.85 bits per heavy atom. The molecule has 0 bridgehead atoms. The van der Waals surface area contributed by atoms with Gasteiger partial charge >= 0.3 is 0 Å². The first-order valence-electron chi connectivity index (χ1n) is 7.65. The summed E-state index contributed by atoms with van der Waals surface area (Å²) >= 11 is 0.793. The van der Waals surface area contributed by atoms with Gasteiger partial charge in [0.05, 0.1) is 30.5 Å². The van der Waals surface area contributed by atoms with Gasteiger partial charge in [-0.05, 0) is 43.3 Å². The number of Topliss-reactive ketones (excluding diaryl/α,β-unsaturated/α-hetero) is 1. The number of para-hydroxylation sites is 2. The lowest BCUT2D eigenvalue weighted by Gasteiger charge is -2.12. The van der Waals surface area contributed by atoms with Crippen molar-refractivity contribution in [1.29, 1.82) is 0 Å². The number of ether oxygens (including phenoxy) is 1. The summed E-state index contributed by atoms with van der Waals surface area (Å²) in [4.78, 5) is 24.9. The van der Waals surface area contributed by atoms with Crippen LogP contribution in [0.5, 0.6) is 5.75 Å². The van der Waals surface area contributed by atoms with Crippen LogP contribution in [0, 0.1) is 0 Å². The van der Waals surface area contributed by atoms with Gasteiger partial charge in [-0.25, -0.2) is 5.26 Å². The maximum Gasteiger partial charge on any atom is 0.258 e. The second-order valence-electron chi connectivity index (χ2n) is 5.14. The van der Waals surface area contributed by atoms with Gasteiger partial charge in [-0.15, -0.1) is 4.33 Å². The van der Waals surface area contributed by atoms with E-state index >= 15 is 0 Å². The quantitative estimate of drug-likeness (QED) is 0.219. The number of amides is 1. The number of hydrogen-bond acceptors (Lipinski definition) is 9. The van der Waals surface area contributed by atoms with Gasteiger partial charge in [0.25, 0.3) is 5.91 Å². The standard InChI is InChI=1S/C17H17N3O6S/c1-11(21)16(17(22)18-14-5-3-4-6-15(14)24-2)20-19-12-7-9-13(10-8-12)27-26-25-23/h3-10,16,23H,1-2H3,(H,18,22). The lowest BCUT2D eigenvalue weighted by molar-refractivity contribution is -0.432. The molecule has 1 unspecified atom stereocenters. The largest absolute Gasteiger partial charge is 0.495 e. The summed E-state index contributed by atoms with van der Waals surface area (Å²) < 4.78 is 9.47. The Kier molecular flexibility index (Phi) is 7.89. The molecule has 0 heterocycles. The third-order valence-corrected chi connectivity index (χ3v) is 3.88. The first-order valence-corrected chi connectivity index (χ1v) is 8.39. The second-order valence-corrected chi connectivity index (χ2v) is 5.91. The van der Waals surface area contributed by atoms with Crippen molar-refractivity contribution in [3.05, 3.63) is 48.5 Å². The Bertz CT molecular complexity index is 813. The van der Waals surface area contributed by atoms with Crippen molar-refractivity contribution in [2.45, 2.75) is 17.9 Å².